The minimum atomic E-state index is -0.0723. The normalized spacial score (nSPS) is 10.5. The van der Waals surface area contributed by atoms with Crippen molar-refractivity contribution in [1.29, 1.82) is 0 Å². The molecule has 1 N–H and O–H groups in total. The molecule has 0 saturated heterocycles. The summed E-state index contributed by atoms with van der Waals surface area (Å²) in [7, 11) is 0. The largest absolute Gasteiger partial charge is 0.455 e. The lowest BCUT2D eigenvalue weighted by atomic mass is 10.2. The van der Waals surface area contributed by atoms with E-state index in [1.807, 2.05) is 54.6 Å². The van der Waals surface area contributed by atoms with Crippen LogP contribution in [0.2, 0.25) is 10.0 Å². The van der Waals surface area contributed by atoms with Crippen molar-refractivity contribution in [1.82, 2.24) is 0 Å². The summed E-state index contributed by atoms with van der Waals surface area (Å²) in [5.74, 6) is 2.02. The van der Waals surface area contributed by atoms with Gasteiger partial charge in [0.25, 0.3) is 0 Å². The number of para-hydroxylation sites is 1. The van der Waals surface area contributed by atoms with Gasteiger partial charge in [-0.25, -0.2) is 0 Å². The Kier molecular flexibility index (Phi) is 7.66. The summed E-state index contributed by atoms with van der Waals surface area (Å²) in [6.45, 7) is 0. The van der Waals surface area contributed by atoms with Gasteiger partial charge in [-0.1, -0.05) is 41.4 Å². The van der Waals surface area contributed by atoms with E-state index < -0.39 is 0 Å². The minimum absolute atomic E-state index is 0.0723. The van der Waals surface area contributed by atoms with Crippen LogP contribution in [-0.2, 0) is 4.79 Å². The number of nitrogens with one attached hydrogen (secondary N) is 1. The van der Waals surface area contributed by atoms with Crippen LogP contribution in [0.4, 0.5) is 5.69 Å². The lowest BCUT2D eigenvalue weighted by Crippen LogP contribution is -2.12. The summed E-state index contributed by atoms with van der Waals surface area (Å²) in [6.07, 6.45) is 1.17. The first-order valence-corrected chi connectivity index (χ1v) is 10.5. The van der Waals surface area contributed by atoms with Crippen molar-refractivity contribution in [3.63, 3.8) is 0 Å². The number of thioether (sulfide) groups is 1. The number of anilines is 1. The highest BCUT2D eigenvalue weighted by atomic mass is 35.5. The lowest BCUT2D eigenvalue weighted by molar-refractivity contribution is -0.116. The number of carbonyl (C=O) groups excluding carboxylic acids is 1. The number of benzene rings is 3. The summed E-state index contributed by atoms with van der Waals surface area (Å²) in [5.41, 5.74) is 0.562. The lowest BCUT2D eigenvalue weighted by Gasteiger charge is -2.13. The second-order valence-corrected chi connectivity index (χ2v) is 8.05. The molecule has 0 bridgehead atoms. The Morgan fingerprint density at radius 1 is 0.929 bits per heavy atom. The van der Waals surface area contributed by atoms with E-state index in [4.69, 9.17) is 27.9 Å². The van der Waals surface area contributed by atoms with Gasteiger partial charge in [0.15, 0.2) is 5.75 Å². The Labute approximate surface area is 179 Å². The Morgan fingerprint density at radius 2 is 1.64 bits per heavy atom. The fourth-order valence-corrected chi connectivity index (χ4v) is 3.62. The zero-order valence-corrected chi connectivity index (χ0v) is 17.4. The van der Waals surface area contributed by atoms with E-state index in [0.29, 0.717) is 28.6 Å². The number of amides is 1. The van der Waals surface area contributed by atoms with Crippen molar-refractivity contribution in [2.45, 2.75) is 17.7 Å². The first-order chi connectivity index (χ1) is 13.6. The Hall–Kier alpha value is -2.14. The molecule has 3 aromatic carbocycles. The first-order valence-electron chi connectivity index (χ1n) is 8.81. The van der Waals surface area contributed by atoms with Gasteiger partial charge in [0.1, 0.15) is 5.75 Å². The van der Waals surface area contributed by atoms with E-state index in [0.717, 1.165) is 22.1 Å². The van der Waals surface area contributed by atoms with Crippen molar-refractivity contribution < 1.29 is 9.53 Å². The monoisotopic (exact) mass is 431 g/mol. The topological polar surface area (TPSA) is 38.3 Å². The summed E-state index contributed by atoms with van der Waals surface area (Å²) in [5, 5.41) is 4.16. The predicted molar refractivity (Wildman–Crippen MR) is 118 cm³/mol. The third kappa shape index (κ3) is 6.48. The fourth-order valence-electron chi connectivity index (χ4n) is 2.47. The molecule has 3 rings (SSSR count). The molecule has 0 unspecified atom stereocenters. The van der Waals surface area contributed by atoms with E-state index in [2.05, 4.69) is 5.32 Å². The molecule has 144 valence electrons. The molecule has 0 aromatic heterocycles. The zero-order valence-electron chi connectivity index (χ0n) is 15.0. The van der Waals surface area contributed by atoms with E-state index >= 15 is 0 Å². The molecule has 0 radical (unpaired) electrons. The van der Waals surface area contributed by atoms with Crippen LogP contribution in [0.3, 0.4) is 0 Å². The number of rotatable bonds is 8. The second-order valence-electron chi connectivity index (χ2n) is 6.01. The van der Waals surface area contributed by atoms with E-state index in [1.165, 1.54) is 0 Å². The number of hydrogen-bond donors (Lipinski definition) is 1. The maximum atomic E-state index is 12.3. The van der Waals surface area contributed by atoms with Crippen LogP contribution in [-0.4, -0.2) is 11.7 Å². The summed E-state index contributed by atoms with van der Waals surface area (Å²) < 4.78 is 5.87. The van der Waals surface area contributed by atoms with Crippen LogP contribution >= 0.6 is 35.0 Å². The van der Waals surface area contributed by atoms with Crippen LogP contribution < -0.4 is 10.1 Å². The molecule has 28 heavy (non-hydrogen) atoms. The molecule has 0 aliphatic heterocycles. The Balaban J connectivity index is 1.53. The Bertz CT molecular complexity index is 918. The maximum Gasteiger partial charge on any atom is 0.224 e. The molecule has 0 fully saturated rings. The maximum absolute atomic E-state index is 12.3. The van der Waals surface area contributed by atoms with Gasteiger partial charge >= 0.3 is 0 Å². The number of hydrogen-bond acceptors (Lipinski definition) is 3. The zero-order chi connectivity index (χ0) is 19.8. The molecule has 3 aromatic rings. The van der Waals surface area contributed by atoms with Gasteiger partial charge in [-0.05, 0) is 66.8 Å². The molecule has 0 saturated carbocycles. The van der Waals surface area contributed by atoms with Gasteiger partial charge in [0.2, 0.25) is 5.91 Å². The molecule has 3 nitrogen and oxygen atoms in total. The van der Waals surface area contributed by atoms with Gasteiger partial charge in [-0.3, -0.25) is 4.79 Å². The van der Waals surface area contributed by atoms with Crippen LogP contribution in [0.25, 0.3) is 0 Å². The van der Waals surface area contributed by atoms with Crippen molar-refractivity contribution in [2.24, 2.45) is 0 Å². The fraction of sp³-hybridized carbons (Fsp3) is 0.136. The molecular formula is C22H19Cl2NO2S. The molecule has 0 spiro atoms. The molecule has 0 aliphatic carbocycles. The minimum Gasteiger partial charge on any atom is -0.455 e. The summed E-state index contributed by atoms with van der Waals surface area (Å²) in [4.78, 5) is 13.5. The van der Waals surface area contributed by atoms with Gasteiger partial charge in [0.05, 0.1) is 5.69 Å². The molecule has 1 amide bonds. The number of carbonyl (C=O) groups is 1. The molecule has 0 aliphatic rings. The predicted octanol–water partition coefficient (Wildman–Crippen LogP) is 7.30. The van der Waals surface area contributed by atoms with Crippen LogP contribution in [0.5, 0.6) is 11.5 Å². The highest BCUT2D eigenvalue weighted by Crippen LogP contribution is 2.32. The van der Waals surface area contributed by atoms with Crippen LogP contribution in [0, 0.1) is 0 Å². The second kappa shape index (κ2) is 10.4. The highest BCUT2D eigenvalue weighted by Gasteiger charge is 2.10. The van der Waals surface area contributed by atoms with E-state index in [9.17, 15) is 4.79 Å². The number of halogens is 2. The SMILES string of the molecule is O=C(CCCSc1ccc(Cl)cc1)Nc1cc(Cl)ccc1Oc1ccccc1. The summed E-state index contributed by atoms with van der Waals surface area (Å²) >= 11 is 13.7. The average molecular weight is 432 g/mol. The first kappa shape index (κ1) is 20.6. The van der Waals surface area contributed by atoms with E-state index in [-0.39, 0.29) is 5.91 Å². The van der Waals surface area contributed by atoms with Crippen molar-refractivity contribution >= 4 is 46.6 Å². The van der Waals surface area contributed by atoms with Gasteiger partial charge in [0, 0.05) is 21.4 Å². The third-order valence-corrected chi connectivity index (χ3v) is 5.40. The van der Waals surface area contributed by atoms with Crippen LogP contribution in [0.1, 0.15) is 12.8 Å². The van der Waals surface area contributed by atoms with Crippen LogP contribution in [0.15, 0.2) is 77.7 Å². The van der Waals surface area contributed by atoms with Gasteiger partial charge in [-0.15, -0.1) is 11.8 Å². The highest BCUT2D eigenvalue weighted by molar-refractivity contribution is 7.99. The quantitative estimate of drug-likeness (QED) is 0.300. The van der Waals surface area contributed by atoms with Crippen molar-refractivity contribution in [3.8, 4) is 11.5 Å². The van der Waals surface area contributed by atoms with Gasteiger partial charge < -0.3 is 10.1 Å². The smallest absolute Gasteiger partial charge is 0.224 e. The molecule has 0 heterocycles. The standard InChI is InChI=1S/C22H19Cl2NO2S/c23-16-8-11-19(12-9-16)28-14-4-7-22(26)25-20-15-17(24)10-13-21(20)27-18-5-2-1-3-6-18/h1-3,5-6,8-13,15H,4,7,14H2,(H,25,26). The van der Waals surface area contributed by atoms with Crippen molar-refractivity contribution in [2.75, 3.05) is 11.1 Å². The van der Waals surface area contributed by atoms with Gasteiger partial charge in [-0.2, -0.15) is 0 Å². The molecule has 6 heteroatoms. The Morgan fingerprint density at radius 3 is 2.39 bits per heavy atom. The molecule has 0 atom stereocenters. The van der Waals surface area contributed by atoms with E-state index in [1.54, 1.807) is 30.0 Å². The third-order valence-electron chi connectivity index (χ3n) is 3.82. The van der Waals surface area contributed by atoms with Crippen molar-refractivity contribution in [3.05, 3.63) is 82.8 Å². The molecular weight excluding hydrogens is 413 g/mol. The average Bonchev–Trinajstić information content (AvgIpc) is 2.69. The number of ether oxygens (including phenoxy) is 1. The summed E-state index contributed by atoms with van der Waals surface area (Å²) in [6, 6.07) is 22.3.